The minimum atomic E-state index is -0.647. The zero-order valence-electron chi connectivity index (χ0n) is 16.5. The maximum absolute atomic E-state index is 13.0. The first-order valence-electron chi connectivity index (χ1n) is 9.89. The number of benzene rings is 1. The molecule has 4 rings (SSSR count). The van der Waals surface area contributed by atoms with Gasteiger partial charge in [0.15, 0.2) is 11.9 Å². The van der Waals surface area contributed by atoms with Crippen LogP contribution in [0.4, 0.5) is 4.39 Å². The molecule has 1 aliphatic rings. The summed E-state index contributed by atoms with van der Waals surface area (Å²) in [5.74, 6) is 0.295. The largest absolute Gasteiger partial charge is 0.454 e. The van der Waals surface area contributed by atoms with Crippen molar-refractivity contribution in [1.29, 1.82) is 0 Å². The zero-order chi connectivity index (χ0) is 20.5. The summed E-state index contributed by atoms with van der Waals surface area (Å²) in [5.41, 5.74) is 1.83. The molecule has 7 heteroatoms. The SMILES string of the molecule is C[C@@H]1CCc2c(sc3nc([C@H](C)OC(=O)CCc4ccc(F)cc4)[nH]c(=O)c23)C1. The molecule has 29 heavy (non-hydrogen) atoms. The van der Waals surface area contributed by atoms with E-state index in [1.54, 1.807) is 30.4 Å². The maximum Gasteiger partial charge on any atom is 0.306 e. The zero-order valence-corrected chi connectivity index (χ0v) is 17.3. The van der Waals surface area contributed by atoms with Crippen molar-refractivity contribution in [2.45, 2.75) is 52.1 Å². The van der Waals surface area contributed by atoms with E-state index in [0.717, 1.165) is 35.2 Å². The summed E-state index contributed by atoms with van der Waals surface area (Å²) < 4.78 is 18.4. The number of esters is 1. The highest BCUT2D eigenvalue weighted by Gasteiger charge is 2.24. The third-order valence-corrected chi connectivity index (χ3v) is 6.56. The maximum atomic E-state index is 13.0. The fraction of sp³-hybridized carbons (Fsp3) is 0.409. The van der Waals surface area contributed by atoms with E-state index < -0.39 is 6.10 Å². The first kappa shape index (κ1) is 19.8. The van der Waals surface area contributed by atoms with Crippen LogP contribution in [0.3, 0.4) is 0 Å². The van der Waals surface area contributed by atoms with Crippen LogP contribution in [0.2, 0.25) is 0 Å². The number of thiophene rings is 1. The predicted molar refractivity (Wildman–Crippen MR) is 111 cm³/mol. The average molecular weight is 415 g/mol. The number of rotatable bonds is 5. The van der Waals surface area contributed by atoms with Gasteiger partial charge in [-0.15, -0.1) is 11.3 Å². The Hall–Kier alpha value is -2.54. The van der Waals surface area contributed by atoms with Crippen LogP contribution < -0.4 is 5.56 Å². The number of carbonyl (C=O) groups excluding carboxylic acids is 1. The fourth-order valence-corrected chi connectivity index (χ4v) is 5.16. The molecule has 3 aromatic rings. The van der Waals surface area contributed by atoms with Crippen LogP contribution in [0.25, 0.3) is 10.2 Å². The first-order valence-corrected chi connectivity index (χ1v) is 10.7. The molecular weight excluding hydrogens is 391 g/mol. The lowest BCUT2D eigenvalue weighted by Gasteiger charge is -2.17. The Morgan fingerprint density at radius 3 is 2.90 bits per heavy atom. The number of H-pyrrole nitrogens is 1. The lowest BCUT2D eigenvalue weighted by Crippen LogP contribution is -2.18. The van der Waals surface area contributed by atoms with Gasteiger partial charge in [0.2, 0.25) is 0 Å². The minimum absolute atomic E-state index is 0.161. The smallest absolute Gasteiger partial charge is 0.306 e. The number of halogens is 1. The second kappa shape index (κ2) is 8.06. The minimum Gasteiger partial charge on any atom is -0.454 e. The monoisotopic (exact) mass is 414 g/mol. The van der Waals surface area contributed by atoms with E-state index >= 15 is 0 Å². The van der Waals surface area contributed by atoms with E-state index in [1.807, 2.05) is 0 Å². The van der Waals surface area contributed by atoms with Crippen LogP contribution in [0.5, 0.6) is 0 Å². The van der Waals surface area contributed by atoms with Gasteiger partial charge in [-0.05, 0) is 61.8 Å². The molecule has 0 radical (unpaired) electrons. The molecular formula is C22H23FN2O3S. The molecule has 2 heterocycles. The van der Waals surface area contributed by atoms with Crippen molar-refractivity contribution < 1.29 is 13.9 Å². The van der Waals surface area contributed by atoms with Gasteiger partial charge in [0.1, 0.15) is 10.6 Å². The molecule has 0 unspecified atom stereocenters. The van der Waals surface area contributed by atoms with E-state index in [0.29, 0.717) is 23.5 Å². The van der Waals surface area contributed by atoms with Crippen molar-refractivity contribution in [3.63, 3.8) is 0 Å². The van der Waals surface area contributed by atoms with Crippen LogP contribution >= 0.6 is 11.3 Å². The predicted octanol–water partition coefficient (Wildman–Crippen LogP) is 4.49. The molecule has 0 amide bonds. The molecule has 0 saturated heterocycles. The number of hydrogen-bond acceptors (Lipinski definition) is 5. The molecule has 1 N–H and O–H groups in total. The molecule has 152 valence electrons. The summed E-state index contributed by atoms with van der Waals surface area (Å²) in [6.45, 7) is 3.93. The third-order valence-electron chi connectivity index (χ3n) is 5.41. The number of ether oxygens (including phenoxy) is 1. The van der Waals surface area contributed by atoms with Gasteiger partial charge in [0, 0.05) is 11.3 Å². The van der Waals surface area contributed by atoms with Crippen molar-refractivity contribution in [1.82, 2.24) is 9.97 Å². The average Bonchev–Trinajstić information content (AvgIpc) is 3.05. The molecule has 5 nitrogen and oxygen atoms in total. The lowest BCUT2D eigenvalue weighted by molar-refractivity contribution is -0.148. The Balaban J connectivity index is 1.46. The summed E-state index contributed by atoms with van der Waals surface area (Å²) in [7, 11) is 0. The third kappa shape index (κ3) is 4.24. The van der Waals surface area contributed by atoms with E-state index in [-0.39, 0.29) is 23.8 Å². The molecule has 0 aliphatic heterocycles. The van der Waals surface area contributed by atoms with Gasteiger partial charge >= 0.3 is 5.97 Å². The number of nitrogens with zero attached hydrogens (tertiary/aromatic N) is 1. The van der Waals surface area contributed by atoms with Crippen molar-refractivity contribution in [3.8, 4) is 0 Å². The second-order valence-electron chi connectivity index (χ2n) is 7.74. The summed E-state index contributed by atoms with van der Waals surface area (Å²) in [6, 6.07) is 6.04. The van der Waals surface area contributed by atoms with Crippen molar-refractivity contribution in [2.75, 3.05) is 0 Å². The number of carbonyl (C=O) groups is 1. The number of hydrogen-bond donors (Lipinski definition) is 1. The van der Waals surface area contributed by atoms with E-state index in [1.165, 1.54) is 17.0 Å². The molecule has 0 bridgehead atoms. The van der Waals surface area contributed by atoms with Crippen molar-refractivity contribution in [2.24, 2.45) is 5.92 Å². The first-order chi connectivity index (χ1) is 13.9. The van der Waals surface area contributed by atoms with Crippen molar-refractivity contribution >= 4 is 27.5 Å². The van der Waals surface area contributed by atoms with Crippen LogP contribution in [-0.4, -0.2) is 15.9 Å². The molecule has 0 spiro atoms. The van der Waals surface area contributed by atoms with Gasteiger partial charge in [-0.2, -0.15) is 0 Å². The number of nitrogens with one attached hydrogen (secondary N) is 1. The number of aryl methyl sites for hydroxylation is 2. The lowest BCUT2D eigenvalue weighted by atomic mass is 9.89. The van der Waals surface area contributed by atoms with Crippen LogP contribution in [0.1, 0.15) is 54.6 Å². The highest BCUT2D eigenvalue weighted by Crippen LogP contribution is 2.36. The summed E-state index contributed by atoms with van der Waals surface area (Å²) in [5, 5.41) is 0.690. The molecule has 1 aromatic carbocycles. The van der Waals surface area contributed by atoms with Gasteiger partial charge in [0.05, 0.1) is 5.39 Å². The number of aromatic amines is 1. The van der Waals surface area contributed by atoms with Crippen LogP contribution in [0.15, 0.2) is 29.1 Å². The Morgan fingerprint density at radius 1 is 1.38 bits per heavy atom. The van der Waals surface area contributed by atoms with Gasteiger partial charge in [-0.25, -0.2) is 9.37 Å². The molecule has 2 aromatic heterocycles. The van der Waals surface area contributed by atoms with Crippen LogP contribution in [0, 0.1) is 11.7 Å². The quantitative estimate of drug-likeness (QED) is 0.625. The van der Waals surface area contributed by atoms with Gasteiger partial charge in [-0.1, -0.05) is 19.1 Å². The van der Waals surface area contributed by atoms with Gasteiger partial charge < -0.3 is 9.72 Å². The second-order valence-corrected chi connectivity index (χ2v) is 8.83. The molecule has 0 fully saturated rings. The molecule has 0 saturated carbocycles. The number of aromatic nitrogens is 2. The summed E-state index contributed by atoms with van der Waals surface area (Å²) in [4.78, 5) is 34.2. The normalized spacial score (nSPS) is 17.1. The number of fused-ring (bicyclic) bond motifs is 3. The molecule has 1 aliphatic carbocycles. The van der Waals surface area contributed by atoms with Gasteiger partial charge in [-0.3, -0.25) is 9.59 Å². The van der Waals surface area contributed by atoms with E-state index in [4.69, 9.17) is 4.74 Å². The Morgan fingerprint density at radius 2 is 2.14 bits per heavy atom. The van der Waals surface area contributed by atoms with Crippen LogP contribution in [-0.2, 0) is 28.8 Å². The fourth-order valence-electron chi connectivity index (χ4n) is 3.77. The Bertz CT molecular complexity index is 1100. The Kier molecular flexibility index (Phi) is 5.50. The highest BCUT2D eigenvalue weighted by molar-refractivity contribution is 7.18. The molecule has 2 atom stereocenters. The summed E-state index contributed by atoms with van der Waals surface area (Å²) >= 11 is 1.57. The highest BCUT2D eigenvalue weighted by atomic mass is 32.1. The topological polar surface area (TPSA) is 72.0 Å². The van der Waals surface area contributed by atoms with E-state index in [2.05, 4.69) is 16.9 Å². The van der Waals surface area contributed by atoms with E-state index in [9.17, 15) is 14.0 Å². The Labute approximate surface area is 171 Å². The standard InChI is InChI=1S/C22H23FN2O3S/c1-12-3-9-16-17(11-12)29-22-19(16)21(27)24-20(25-22)13(2)28-18(26)10-6-14-4-7-15(23)8-5-14/h4-5,7-8,12-13H,3,6,9-11H2,1-2H3,(H,24,25,27)/t12-,13+/m1/s1. The summed E-state index contributed by atoms with van der Waals surface area (Å²) in [6.07, 6.45) is 2.97. The van der Waals surface area contributed by atoms with Gasteiger partial charge in [0.25, 0.3) is 5.56 Å². The van der Waals surface area contributed by atoms with Crippen molar-refractivity contribution in [3.05, 3.63) is 62.3 Å².